The van der Waals surface area contributed by atoms with Crippen LogP contribution in [0.5, 0.6) is 11.6 Å². The van der Waals surface area contributed by atoms with Crippen molar-refractivity contribution in [1.82, 2.24) is 19.5 Å². The third kappa shape index (κ3) is 5.27. The van der Waals surface area contributed by atoms with Crippen LogP contribution in [0.15, 0.2) is 91.3 Å². The predicted octanol–water partition coefficient (Wildman–Crippen LogP) is 4.70. The van der Waals surface area contributed by atoms with Gasteiger partial charge in [-0.25, -0.2) is 4.98 Å². The Labute approximate surface area is 274 Å². The molecule has 230 valence electrons. The van der Waals surface area contributed by atoms with Crippen molar-refractivity contribution in [3.8, 4) is 24.0 Å². The zero-order valence-corrected chi connectivity index (χ0v) is 26.8. The lowest BCUT2D eigenvalue weighted by molar-refractivity contribution is -0.0669. The molecule has 0 aliphatic carbocycles. The van der Waals surface area contributed by atoms with E-state index < -0.39 is 29.6 Å². The van der Waals surface area contributed by atoms with E-state index in [-0.39, 0.29) is 11.8 Å². The van der Waals surface area contributed by atoms with E-state index in [1.165, 1.54) is 10.9 Å². The largest absolute Gasteiger partial charge is 0.497 e. The van der Waals surface area contributed by atoms with Gasteiger partial charge in [-0.15, -0.1) is 6.42 Å². The number of nitrogens with one attached hydrogen (secondary N) is 1. The molecule has 11 heteroatoms. The van der Waals surface area contributed by atoms with Gasteiger partial charge in [0, 0.05) is 4.43 Å². The molecule has 2 aromatic heterocycles. The van der Waals surface area contributed by atoms with Crippen LogP contribution >= 0.6 is 22.6 Å². The van der Waals surface area contributed by atoms with E-state index in [1.807, 2.05) is 91.9 Å². The number of anilines is 1. The van der Waals surface area contributed by atoms with Crippen LogP contribution in [-0.2, 0) is 10.3 Å². The average Bonchev–Trinajstić information content (AvgIpc) is 3.62. The van der Waals surface area contributed by atoms with Crippen molar-refractivity contribution in [2.24, 2.45) is 0 Å². The number of imidazole rings is 1. The molecule has 1 fully saturated rings. The van der Waals surface area contributed by atoms with E-state index in [0.29, 0.717) is 22.2 Å². The number of ether oxygens (including phenoxy) is 3. The first kappa shape index (κ1) is 30.8. The van der Waals surface area contributed by atoms with Gasteiger partial charge >= 0.3 is 0 Å². The Balaban J connectivity index is 1.58. The molecule has 1 aliphatic rings. The number of aromatic nitrogens is 4. The standard InChI is InChI=1S/C34H32IN5O5/c1-4-33(42)28(41)26(20-35)45-31(33)40-21-36-27-29(40)37-32(38-30(27)44-5-2)39-34(22-12-8-6-9-13-22,23-14-10-7-11-15-23)24-16-18-25(43-3)19-17-24/h1,6-19,21,26,28,31,41-42H,5,20H2,2-3H3,(H,37,38,39)/t26-,28-,31?,33-/m1/s1. The lowest BCUT2D eigenvalue weighted by Gasteiger charge is -2.37. The summed E-state index contributed by atoms with van der Waals surface area (Å²) in [5.41, 5.74) is 0.450. The maximum Gasteiger partial charge on any atom is 0.247 e. The number of benzene rings is 3. The quantitative estimate of drug-likeness (QED) is 0.0818. The highest BCUT2D eigenvalue weighted by Crippen LogP contribution is 2.43. The van der Waals surface area contributed by atoms with Crippen molar-refractivity contribution in [3.63, 3.8) is 0 Å². The fourth-order valence-corrected chi connectivity index (χ4v) is 6.47. The Morgan fingerprint density at radius 1 is 1.02 bits per heavy atom. The number of hydrogen-bond donors (Lipinski definition) is 3. The number of fused-ring (bicyclic) bond motifs is 1. The summed E-state index contributed by atoms with van der Waals surface area (Å²) in [5.74, 6) is 3.54. The van der Waals surface area contributed by atoms with Crippen molar-refractivity contribution in [2.45, 2.75) is 36.5 Å². The summed E-state index contributed by atoms with van der Waals surface area (Å²) in [7, 11) is 1.63. The van der Waals surface area contributed by atoms with Crippen molar-refractivity contribution >= 4 is 39.7 Å². The van der Waals surface area contributed by atoms with Gasteiger partial charge < -0.3 is 29.7 Å². The van der Waals surface area contributed by atoms with Gasteiger partial charge in [-0.05, 0) is 35.7 Å². The summed E-state index contributed by atoms with van der Waals surface area (Å²) < 4.78 is 19.5. The van der Waals surface area contributed by atoms with E-state index in [0.717, 1.165) is 22.4 Å². The molecule has 1 saturated heterocycles. The van der Waals surface area contributed by atoms with Gasteiger partial charge in [-0.3, -0.25) is 4.57 Å². The minimum Gasteiger partial charge on any atom is -0.497 e. The number of rotatable bonds is 10. The molecule has 0 amide bonds. The van der Waals surface area contributed by atoms with E-state index >= 15 is 0 Å². The second kappa shape index (κ2) is 12.6. The molecule has 3 heterocycles. The molecule has 10 nitrogen and oxygen atoms in total. The highest BCUT2D eigenvalue weighted by molar-refractivity contribution is 14.1. The lowest BCUT2D eigenvalue weighted by atomic mass is 9.77. The van der Waals surface area contributed by atoms with Gasteiger partial charge in [-0.2, -0.15) is 9.97 Å². The van der Waals surface area contributed by atoms with Gasteiger partial charge in [0.1, 0.15) is 17.4 Å². The Morgan fingerprint density at radius 3 is 2.20 bits per heavy atom. The van der Waals surface area contributed by atoms with Crippen LogP contribution < -0.4 is 14.8 Å². The number of hydrogen-bond acceptors (Lipinski definition) is 9. The summed E-state index contributed by atoms with van der Waals surface area (Å²) in [6.07, 6.45) is 4.06. The molecule has 1 unspecified atom stereocenters. The Kier molecular flexibility index (Phi) is 8.65. The van der Waals surface area contributed by atoms with Gasteiger partial charge in [-0.1, -0.05) is 101 Å². The molecule has 0 bridgehead atoms. The molecular weight excluding hydrogens is 685 g/mol. The number of nitrogens with zero attached hydrogens (tertiary/aromatic N) is 4. The number of alkyl halides is 1. The third-order valence-corrected chi connectivity index (χ3v) is 8.89. The normalized spacial score (nSPS) is 21.4. The minimum absolute atomic E-state index is 0.226. The Morgan fingerprint density at radius 2 is 1.64 bits per heavy atom. The minimum atomic E-state index is -2.02. The first-order valence-corrected chi connectivity index (χ1v) is 15.9. The highest BCUT2D eigenvalue weighted by Gasteiger charge is 2.55. The number of aliphatic hydroxyl groups excluding tert-OH is 1. The van der Waals surface area contributed by atoms with Crippen LogP contribution in [0.3, 0.4) is 0 Å². The molecule has 1 aliphatic heterocycles. The lowest BCUT2D eigenvalue weighted by Crippen LogP contribution is -2.45. The van der Waals surface area contributed by atoms with E-state index in [2.05, 4.69) is 38.8 Å². The predicted molar refractivity (Wildman–Crippen MR) is 178 cm³/mol. The third-order valence-electron chi connectivity index (χ3n) is 8.03. The monoisotopic (exact) mass is 717 g/mol. The molecule has 0 saturated carbocycles. The molecule has 5 aromatic rings. The van der Waals surface area contributed by atoms with Crippen LogP contribution in [-0.4, -0.2) is 65.7 Å². The van der Waals surface area contributed by atoms with Crippen molar-refractivity contribution in [2.75, 3.05) is 23.5 Å². The Hall–Kier alpha value is -4.22. The van der Waals surface area contributed by atoms with Crippen LogP contribution in [0.25, 0.3) is 11.2 Å². The fourth-order valence-electron chi connectivity index (χ4n) is 5.79. The van der Waals surface area contributed by atoms with Crippen LogP contribution in [0.4, 0.5) is 5.95 Å². The summed E-state index contributed by atoms with van der Waals surface area (Å²) in [6.45, 7) is 2.18. The van der Waals surface area contributed by atoms with E-state index in [4.69, 9.17) is 30.6 Å². The number of aliphatic hydroxyl groups is 2. The maximum absolute atomic E-state index is 11.4. The topological polar surface area (TPSA) is 124 Å². The van der Waals surface area contributed by atoms with Gasteiger partial charge in [0.15, 0.2) is 23.0 Å². The fraction of sp³-hybridized carbons (Fsp3) is 0.265. The smallest absolute Gasteiger partial charge is 0.247 e. The van der Waals surface area contributed by atoms with E-state index in [9.17, 15) is 10.2 Å². The average molecular weight is 718 g/mol. The van der Waals surface area contributed by atoms with Crippen LogP contribution in [0.2, 0.25) is 0 Å². The second-order valence-corrected chi connectivity index (χ2v) is 11.4. The van der Waals surface area contributed by atoms with Crippen molar-refractivity contribution in [3.05, 3.63) is 108 Å². The molecule has 3 aromatic carbocycles. The molecule has 45 heavy (non-hydrogen) atoms. The molecule has 0 spiro atoms. The van der Waals surface area contributed by atoms with Gasteiger partial charge in [0.05, 0.1) is 26.1 Å². The number of halogens is 1. The zero-order valence-electron chi connectivity index (χ0n) is 24.7. The summed E-state index contributed by atoms with van der Waals surface area (Å²) >= 11 is 2.09. The molecule has 3 N–H and O–H groups in total. The first-order valence-electron chi connectivity index (χ1n) is 14.4. The summed E-state index contributed by atoms with van der Waals surface area (Å²) in [5, 5.41) is 26.0. The molecule has 0 radical (unpaired) electrons. The Bertz CT molecular complexity index is 1770. The zero-order chi connectivity index (χ0) is 31.6. The summed E-state index contributed by atoms with van der Waals surface area (Å²) in [4.78, 5) is 14.2. The number of terminal acetylenes is 1. The highest BCUT2D eigenvalue weighted by atomic mass is 127. The van der Waals surface area contributed by atoms with Crippen molar-refractivity contribution < 1.29 is 24.4 Å². The first-order chi connectivity index (χ1) is 21.9. The van der Waals surface area contributed by atoms with Crippen molar-refractivity contribution in [1.29, 1.82) is 0 Å². The molecular formula is C34H32IN5O5. The summed E-state index contributed by atoms with van der Waals surface area (Å²) in [6, 6.07) is 27.9. The molecule has 4 atom stereocenters. The number of methoxy groups -OCH3 is 1. The maximum atomic E-state index is 11.4. The van der Waals surface area contributed by atoms with Gasteiger partial charge in [0.25, 0.3) is 0 Å². The second-order valence-electron chi connectivity index (χ2n) is 10.5. The van der Waals surface area contributed by atoms with Crippen LogP contribution in [0.1, 0.15) is 29.8 Å². The van der Waals surface area contributed by atoms with E-state index in [1.54, 1.807) is 7.11 Å². The molecule has 6 rings (SSSR count). The van der Waals surface area contributed by atoms with Gasteiger partial charge in [0.2, 0.25) is 11.8 Å². The van der Waals surface area contributed by atoms with Crippen LogP contribution in [0, 0.1) is 12.3 Å². The SMILES string of the molecule is C#C[C@]1(O)C(n2cnc3c(OCC)nc(NC(c4ccccc4)(c4ccccc4)c4ccc(OC)cc4)nc32)O[C@H](CI)[C@H]1O.